The molecule has 0 aromatic heterocycles. The lowest BCUT2D eigenvalue weighted by Crippen LogP contribution is -2.41. The third kappa shape index (κ3) is 4.81. The highest BCUT2D eigenvalue weighted by atomic mass is 28.4. The zero-order chi connectivity index (χ0) is 12.9. The summed E-state index contributed by atoms with van der Waals surface area (Å²) in [6, 6.07) is 2.49. The van der Waals surface area contributed by atoms with Crippen molar-refractivity contribution in [2.24, 2.45) is 5.92 Å². The normalized spacial score (nSPS) is 30.6. The molecule has 0 saturated heterocycles. The molecular formula is C14H27NOSi. The Morgan fingerprint density at radius 2 is 2.00 bits per heavy atom. The Labute approximate surface area is 107 Å². The fourth-order valence-electron chi connectivity index (χ4n) is 2.90. The van der Waals surface area contributed by atoms with Crippen LogP contribution < -0.4 is 0 Å². The van der Waals surface area contributed by atoms with Crippen molar-refractivity contribution >= 4 is 8.32 Å². The maximum Gasteiger partial charge on any atom is 0.185 e. The summed E-state index contributed by atoms with van der Waals surface area (Å²) in [4.78, 5) is 0. The van der Waals surface area contributed by atoms with Gasteiger partial charge in [0.1, 0.15) is 5.60 Å². The van der Waals surface area contributed by atoms with Crippen LogP contribution in [0.3, 0.4) is 0 Å². The quantitative estimate of drug-likeness (QED) is 0.546. The van der Waals surface area contributed by atoms with Crippen LogP contribution in [-0.4, -0.2) is 13.9 Å². The molecule has 2 nitrogen and oxygen atoms in total. The molecule has 1 fully saturated rings. The molecule has 0 heterocycles. The highest BCUT2D eigenvalue weighted by Crippen LogP contribution is 2.36. The third-order valence-corrected chi connectivity index (χ3v) is 4.55. The van der Waals surface area contributed by atoms with E-state index in [2.05, 4.69) is 32.6 Å². The second kappa shape index (κ2) is 6.02. The molecule has 0 aromatic carbocycles. The number of rotatable bonds is 4. The predicted octanol–water partition coefficient (Wildman–Crippen LogP) is 4.48. The van der Waals surface area contributed by atoms with Gasteiger partial charge in [0, 0.05) is 0 Å². The van der Waals surface area contributed by atoms with Gasteiger partial charge in [-0.15, -0.1) is 0 Å². The summed E-state index contributed by atoms with van der Waals surface area (Å²) >= 11 is 0. The lowest BCUT2D eigenvalue weighted by atomic mass is 9.93. The van der Waals surface area contributed by atoms with Crippen molar-refractivity contribution in [3.8, 4) is 6.07 Å². The summed E-state index contributed by atoms with van der Waals surface area (Å²) in [5, 5.41) is 9.49. The van der Waals surface area contributed by atoms with Gasteiger partial charge < -0.3 is 4.43 Å². The highest BCUT2D eigenvalue weighted by Gasteiger charge is 2.37. The molecule has 1 aliphatic carbocycles. The minimum Gasteiger partial charge on any atom is -0.400 e. The molecule has 1 saturated carbocycles. The summed E-state index contributed by atoms with van der Waals surface area (Å²) in [5.74, 6) is 0.820. The van der Waals surface area contributed by atoms with Crippen molar-refractivity contribution in [2.75, 3.05) is 0 Å². The molecule has 0 aromatic rings. The molecule has 0 bridgehead atoms. The third-order valence-electron chi connectivity index (χ3n) is 3.55. The van der Waals surface area contributed by atoms with E-state index in [1.165, 1.54) is 25.7 Å². The van der Waals surface area contributed by atoms with Gasteiger partial charge in [0.2, 0.25) is 0 Å². The Bertz CT molecular complexity index is 279. The summed E-state index contributed by atoms with van der Waals surface area (Å²) in [5.41, 5.74) is -0.465. The van der Waals surface area contributed by atoms with Crippen LogP contribution in [0.15, 0.2) is 0 Å². The highest BCUT2D eigenvalue weighted by molar-refractivity contribution is 6.69. The Morgan fingerprint density at radius 3 is 2.53 bits per heavy atom. The monoisotopic (exact) mass is 253 g/mol. The molecular weight excluding hydrogens is 226 g/mol. The number of hydrogen-bond donors (Lipinski definition) is 0. The molecule has 98 valence electrons. The first-order chi connectivity index (χ1) is 7.91. The van der Waals surface area contributed by atoms with E-state index in [-0.39, 0.29) is 0 Å². The molecule has 0 radical (unpaired) electrons. The van der Waals surface area contributed by atoms with E-state index in [0.29, 0.717) is 0 Å². The van der Waals surface area contributed by atoms with E-state index in [4.69, 9.17) is 4.43 Å². The molecule has 1 aliphatic rings. The van der Waals surface area contributed by atoms with E-state index >= 15 is 0 Å². The van der Waals surface area contributed by atoms with Gasteiger partial charge in [-0.05, 0) is 51.2 Å². The maximum atomic E-state index is 9.49. The van der Waals surface area contributed by atoms with E-state index in [0.717, 1.165) is 25.2 Å². The van der Waals surface area contributed by atoms with Crippen LogP contribution >= 0.6 is 0 Å². The first-order valence-electron chi connectivity index (χ1n) is 7.02. The second-order valence-electron chi connectivity index (χ2n) is 6.41. The average Bonchev–Trinajstić information content (AvgIpc) is 2.41. The van der Waals surface area contributed by atoms with Crippen molar-refractivity contribution < 1.29 is 4.43 Å². The predicted molar refractivity (Wildman–Crippen MR) is 74.3 cm³/mol. The summed E-state index contributed by atoms with van der Waals surface area (Å²) in [6.07, 6.45) is 8.07. The molecule has 0 amide bonds. The molecule has 0 spiro atoms. The molecule has 0 N–H and O–H groups in total. The van der Waals surface area contributed by atoms with Gasteiger partial charge in [-0.25, -0.2) is 0 Å². The van der Waals surface area contributed by atoms with Gasteiger partial charge in [0.15, 0.2) is 8.32 Å². The Balaban J connectivity index is 2.66. The fourth-order valence-corrected chi connectivity index (χ4v) is 4.32. The number of nitriles is 1. The van der Waals surface area contributed by atoms with Crippen LogP contribution in [0.2, 0.25) is 19.6 Å². The van der Waals surface area contributed by atoms with Gasteiger partial charge in [-0.3, -0.25) is 0 Å². The van der Waals surface area contributed by atoms with Crippen molar-refractivity contribution in [3.63, 3.8) is 0 Å². The maximum absolute atomic E-state index is 9.49. The average molecular weight is 253 g/mol. The van der Waals surface area contributed by atoms with Crippen molar-refractivity contribution in [3.05, 3.63) is 0 Å². The SMILES string of the molecule is CCCC1CCCC(C#N)(O[Si](C)(C)C)CC1. The van der Waals surface area contributed by atoms with Gasteiger partial charge in [-0.2, -0.15) is 5.26 Å². The summed E-state index contributed by atoms with van der Waals surface area (Å²) in [7, 11) is -1.62. The van der Waals surface area contributed by atoms with Gasteiger partial charge >= 0.3 is 0 Å². The first kappa shape index (κ1) is 14.7. The zero-order valence-corrected chi connectivity index (χ0v) is 12.9. The topological polar surface area (TPSA) is 33.0 Å². The molecule has 1 rings (SSSR count). The second-order valence-corrected chi connectivity index (χ2v) is 10.8. The molecule has 3 heteroatoms. The molecule has 2 unspecified atom stereocenters. The van der Waals surface area contributed by atoms with E-state index in [9.17, 15) is 5.26 Å². The Kier molecular flexibility index (Phi) is 5.21. The van der Waals surface area contributed by atoms with E-state index < -0.39 is 13.9 Å². The van der Waals surface area contributed by atoms with Crippen LogP contribution in [0.4, 0.5) is 0 Å². The lowest BCUT2D eigenvalue weighted by Gasteiger charge is -2.33. The lowest BCUT2D eigenvalue weighted by molar-refractivity contribution is 0.101. The van der Waals surface area contributed by atoms with Crippen molar-refractivity contribution in [1.82, 2.24) is 0 Å². The Morgan fingerprint density at radius 1 is 1.29 bits per heavy atom. The van der Waals surface area contributed by atoms with Crippen LogP contribution in [0.25, 0.3) is 0 Å². The van der Waals surface area contributed by atoms with Crippen LogP contribution in [0.1, 0.15) is 51.9 Å². The largest absolute Gasteiger partial charge is 0.400 e. The van der Waals surface area contributed by atoms with Crippen molar-refractivity contribution in [2.45, 2.75) is 77.1 Å². The molecule has 0 aliphatic heterocycles. The van der Waals surface area contributed by atoms with Gasteiger partial charge in [0.05, 0.1) is 6.07 Å². The summed E-state index contributed by atoms with van der Waals surface area (Å²) < 4.78 is 6.20. The minimum atomic E-state index is -1.62. The van der Waals surface area contributed by atoms with E-state index in [1.807, 2.05) is 0 Å². The Hall–Kier alpha value is -0.333. The zero-order valence-electron chi connectivity index (χ0n) is 11.9. The molecule has 17 heavy (non-hydrogen) atoms. The fraction of sp³-hybridized carbons (Fsp3) is 0.929. The standard InChI is InChI=1S/C14H27NOSi/c1-5-7-13-8-6-10-14(12-15,11-9-13)16-17(2,3)4/h13H,5-11H2,1-4H3. The molecule has 2 atom stereocenters. The number of hydrogen-bond acceptors (Lipinski definition) is 2. The van der Waals surface area contributed by atoms with E-state index in [1.54, 1.807) is 0 Å². The van der Waals surface area contributed by atoms with Crippen LogP contribution in [0, 0.1) is 17.2 Å². The minimum absolute atomic E-state index is 0.465. The first-order valence-corrected chi connectivity index (χ1v) is 10.4. The smallest absolute Gasteiger partial charge is 0.185 e. The summed E-state index contributed by atoms with van der Waals surface area (Å²) in [6.45, 7) is 8.79. The van der Waals surface area contributed by atoms with Gasteiger partial charge in [-0.1, -0.05) is 26.2 Å². The van der Waals surface area contributed by atoms with Crippen LogP contribution in [0.5, 0.6) is 0 Å². The van der Waals surface area contributed by atoms with Gasteiger partial charge in [0.25, 0.3) is 0 Å². The van der Waals surface area contributed by atoms with Crippen LogP contribution in [-0.2, 0) is 4.43 Å². The number of nitrogens with zero attached hydrogens (tertiary/aromatic N) is 1. The van der Waals surface area contributed by atoms with Crippen molar-refractivity contribution in [1.29, 1.82) is 5.26 Å².